The normalized spacial score (nSPS) is 10.9. The molecule has 3 N–H and O–H groups in total. The summed E-state index contributed by atoms with van der Waals surface area (Å²) in [6, 6.07) is 13.6. The molecule has 0 atom stereocenters. The predicted molar refractivity (Wildman–Crippen MR) is 120 cm³/mol. The molecule has 0 fully saturated rings. The van der Waals surface area contributed by atoms with Gasteiger partial charge in [-0.05, 0) is 63.8 Å². The van der Waals surface area contributed by atoms with Gasteiger partial charge < -0.3 is 15.5 Å². The van der Waals surface area contributed by atoms with Crippen LogP contribution < -0.4 is 16.0 Å². The Morgan fingerprint density at radius 1 is 0.966 bits per heavy atom. The van der Waals surface area contributed by atoms with Crippen LogP contribution in [-0.4, -0.2) is 48.1 Å². The molecular weight excluding hydrogens is 364 g/mol. The summed E-state index contributed by atoms with van der Waals surface area (Å²) < 4.78 is 0. The van der Waals surface area contributed by atoms with E-state index in [0.29, 0.717) is 5.82 Å². The van der Waals surface area contributed by atoms with Crippen LogP contribution in [0.2, 0.25) is 0 Å². The van der Waals surface area contributed by atoms with Crippen LogP contribution in [0, 0.1) is 13.8 Å². The van der Waals surface area contributed by atoms with Gasteiger partial charge in [-0.3, -0.25) is 5.32 Å². The van der Waals surface area contributed by atoms with Crippen LogP contribution in [0.3, 0.4) is 0 Å². The van der Waals surface area contributed by atoms with Crippen molar-refractivity contribution in [2.45, 2.75) is 20.3 Å². The largest absolute Gasteiger partial charge is 0.370 e. The first-order valence-electron chi connectivity index (χ1n) is 9.72. The Morgan fingerprint density at radius 3 is 2.55 bits per heavy atom. The molecule has 3 aromatic rings. The monoisotopic (exact) mass is 392 g/mol. The van der Waals surface area contributed by atoms with Crippen molar-refractivity contribution >= 4 is 34.3 Å². The predicted octanol–water partition coefficient (Wildman–Crippen LogP) is 4.25. The quantitative estimate of drug-likeness (QED) is 0.524. The third-order valence-corrected chi connectivity index (χ3v) is 4.42. The number of amides is 2. The summed E-state index contributed by atoms with van der Waals surface area (Å²) in [5, 5.41) is 11.1. The molecule has 0 unspecified atom stereocenters. The van der Waals surface area contributed by atoms with E-state index in [0.717, 1.165) is 41.7 Å². The summed E-state index contributed by atoms with van der Waals surface area (Å²) >= 11 is 0. The number of aromatic nitrogens is 2. The minimum Gasteiger partial charge on any atom is -0.370 e. The van der Waals surface area contributed by atoms with E-state index in [1.807, 2.05) is 52.2 Å². The number of urea groups is 1. The number of nitrogens with zero attached hydrogens (tertiary/aromatic N) is 3. The Hall–Kier alpha value is -3.19. The first-order chi connectivity index (χ1) is 13.9. The van der Waals surface area contributed by atoms with Crippen LogP contribution in [0.1, 0.15) is 17.7 Å². The maximum atomic E-state index is 12.4. The zero-order valence-electron chi connectivity index (χ0n) is 17.4. The van der Waals surface area contributed by atoms with Crippen molar-refractivity contribution in [3.05, 3.63) is 53.7 Å². The van der Waals surface area contributed by atoms with Crippen LogP contribution in [0.15, 0.2) is 42.5 Å². The third kappa shape index (κ3) is 6.15. The summed E-state index contributed by atoms with van der Waals surface area (Å²) in [7, 11) is 4.10. The number of nitrogens with one attached hydrogen (secondary N) is 3. The van der Waals surface area contributed by atoms with Gasteiger partial charge >= 0.3 is 6.03 Å². The molecule has 1 aromatic heterocycles. The zero-order valence-corrected chi connectivity index (χ0v) is 17.4. The number of carbonyl (C=O) groups is 1. The highest BCUT2D eigenvalue weighted by atomic mass is 16.2. The first kappa shape index (κ1) is 20.5. The fourth-order valence-corrected chi connectivity index (χ4v) is 3.03. The highest BCUT2D eigenvalue weighted by molar-refractivity contribution is 6.00. The Labute approximate surface area is 171 Å². The van der Waals surface area contributed by atoms with E-state index in [9.17, 15) is 4.79 Å². The molecule has 0 aliphatic heterocycles. The maximum Gasteiger partial charge on any atom is 0.326 e. The second-order valence-electron chi connectivity index (χ2n) is 7.45. The van der Waals surface area contributed by atoms with Crippen molar-refractivity contribution in [1.29, 1.82) is 0 Å². The number of anilines is 3. The van der Waals surface area contributed by atoms with Gasteiger partial charge in [-0.15, -0.1) is 0 Å². The molecule has 0 saturated carbocycles. The van der Waals surface area contributed by atoms with Crippen molar-refractivity contribution in [1.82, 2.24) is 14.9 Å². The van der Waals surface area contributed by atoms with E-state index in [1.165, 1.54) is 5.56 Å². The Balaban J connectivity index is 1.62. The van der Waals surface area contributed by atoms with Crippen molar-refractivity contribution in [3.63, 3.8) is 0 Å². The number of fused-ring (bicyclic) bond motifs is 1. The number of aryl methyl sites for hydroxylation is 2. The van der Waals surface area contributed by atoms with E-state index in [1.54, 1.807) is 0 Å². The van der Waals surface area contributed by atoms with Gasteiger partial charge in [-0.1, -0.05) is 29.8 Å². The molecule has 0 spiro atoms. The lowest BCUT2D eigenvalue weighted by Crippen LogP contribution is -2.21. The van der Waals surface area contributed by atoms with Gasteiger partial charge in [0.05, 0.1) is 0 Å². The van der Waals surface area contributed by atoms with Crippen molar-refractivity contribution in [2.75, 3.05) is 43.1 Å². The van der Waals surface area contributed by atoms with E-state index in [-0.39, 0.29) is 12.0 Å². The lowest BCUT2D eigenvalue weighted by Gasteiger charge is -2.12. The fraction of sp³-hybridized carbons (Fsp3) is 0.318. The van der Waals surface area contributed by atoms with Gasteiger partial charge in [0.15, 0.2) is 0 Å². The zero-order chi connectivity index (χ0) is 20.8. The summed E-state index contributed by atoms with van der Waals surface area (Å²) in [5.74, 6) is 0.974. The van der Waals surface area contributed by atoms with Crippen LogP contribution in [0.5, 0.6) is 0 Å². The Morgan fingerprint density at radius 2 is 1.76 bits per heavy atom. The lowest BCUT2D eigenvalue weighted by atomic mass is 10.1. The Kier molecular flexibility index (Phi) is 6.61. The number of hydrogen-bond acceptors (Lipinski definition) is 5. The number of carbonyl (C=O) groups excluding carboxylic acids is 1. The smallest absolute Gasteiger partial charge is 0.326 e. The number of rotatable bonds is 7. The standard InChI is InChI=1S/C22H28N6O/c1-15-6-7-17-8-9-19(14-18(17)12-15)25-22(29)27-21-24-16(2)13-20(26-21)23-10-5-11-28(3)4/h6-9,12-14H,5,10-11H2,1-4H3,(H3,23,24,25,26,27,29). The molecule has 0 saturated heterocycles. The average molecular weight is 393 g/mol. The van der Waals surface area contributed by atoms with Crippen molar-refractivity contribution in [2.24, 2.45) is 0 Å². The van der Waals surface area contributed by atoms with Crippen LogP contribution in [0.4, 0.5) is 22.2 Å². The summed E-state index contributed by atoms with van der Waals surface area (Å²) in [6.45, 7) is 5.72. The minimum atomic E-state index is -0.374. The third-order valence-electron chi connectivity index (χ3n) is 4.42. The van der Waals surface area contributed by atoms with Gasteiger partial charge in [0, 0.05) is 24.0 Å². The van der Waals surface area contributed by atoms with Crippen molar-refractivity contribution in [3.8, 4) is 0 Å². The molecule has 3 rings (SSSR count). The minimum absolute atomic E-state index is 0.272. The summed E-state index contributed by atoms with van der Waals surface area (Å²) in [6.07, 6.45) is 1.00. The van der Waals surface area contributed by atoms with Gasteiger partial charge in [-0.2, -0.15) is 4.98 Å². The highest BCUT2D eigenvalue weighted by Crippen LogP contribution is 2.20. The fourth-order valence-electron chi connectivity index (χ4n) is 3.03. The van der Waals surface area contributed by atoms with Gasteiger partial charge in [0.1, 0.15) is 5.82 Å². The van der Waals surface area contributed by atoms with E-state index >= 15 is 0 Å². The molecule has 7 heteroatoms. The van der Waals surface area contributed by atoms with Gasteiger partial charge in [0.25, 0.3) is 0 Å². The molecular formula is C22H28N6O. The molecule has 0 aliphatic rings. The molecule has 0 bridgehead atoms. The average Bonchev–Trinajstić information content (AvgIpc) is 2.64. The molecule has 29 heavy (non-hydrogen) atoms. The summed E-state index contributed by atoms with van der Waals surface area (Å²) in [5.41, 5.74) is 2.68. The maximum absolute atomic E-state index is 12.4. The number of benzene rings is 2. The van der Waals surface area contributed by atoms with Crippen LogP contribution in [0.25, 0.3) is 10.8 Å². The lowest BCUT2D eigenvalue weighted by molar-refractivity contribution is 0.262. The van der Waals surface area contributed by atoms with Gasteiger partial charge in [0.2, 0.25) is 5.95 Å². The molecule has 1 heterocycles. The molecule has 7 nitrogen and oxygen atoms in total. The van der Waals surface area contributed by atoms with E-state index < -0.39 is 0 Å². The van der Waals surface area contributed by atoms with Crippen LogP contribution >= 0.6 is 0 Å². The van der Waals surface area contributed by atoms with Crippen LogP contribution in [-0.2, 0) is 0 Å². The second-order valence-corrected chi connectivity index (χ2v) is 7.45. The molecule has 2 aromatic carbocycles. The van der Waals surface area contributed by atoms with Crippen molar-refractivity contribution < 1.29 is 4.79 Å². The van der Waals surface area contributed by atoms with Gasteiger partial charge in [-0.25, -0.2) is 9.78 Å². The molecule has 0 aliphatic carbocycles. The number of hydrogen-bond donors (Lipinski definition) is 3. The topological polar surface area (TPSA) is 82.2 Å². The second kappa shape index (κ2) is 9.34. The molecule has 2 amide bonds. The molecule has 152 valence electrons. The van der Waals surface area contributed by atoms with E-state index in [4.69, 9.17) is 0 Å². The summed E-state index contributed by atoms with van der Waals surface area (Å²) in [4.78, 5) is 23.2. The highest BCUT2D eigenvalue weighted by Gasteiger charge is 2.08. The Bertz CT molecular complexity index is 1000. The van der Waals surface area contributed by atoms with E-state index in [2.05, 4.69) is 49.0 Å². The first-order valence-corrected chi connectivity index (χ1v) is 9.72. The SMILES string of the molecule is Cc1ccc2ccc(NC(=O)Nc3nc(C)cc(NCCCN(C)C)n3)cc2c1. The molecule has 0 radical (unpaired) electrons.